The van der Waals surface area contributed by atoms with Crippen molar-refractivity contribution in [1.82, 2.24) is 14.7 Å². The zero-order valence-electron chi connectivity index (χ0n) is 17.6. The molecule has 2 aromatic heterocycles. The summed E-state index contributed by atoms with van der Waals surface area (Å²) in [6, 6.07) is 5.35. The van der Waals surface area contributed by atoms with Crippen molar-refractivity contribution in [3.8, 4) is 0 Å². The molecular formula is C23H31N3O3. The van der Waals surface area contributed by atoms with E-state index in [-0.39, 0.29) is 17.0 Å². The molecule has 2 unspecified atom stereocenters. The molecule has 2 atom stereocenters. The number of aromatic nitrogens is 2. The fourth-order valence-electron chi connectivity index (χ4n) is 5.98. The number of rotatable bonds is 5. The highest BCUT2D eigenvalue weighted by Gasteiger charge is 2.44. The highest BCUT2D eigenvalue weighted by Crippen LogP contribution is 2.52. The van der Waals surface area contributed by atoms with Gasteiger partial charge in [0, 0.05) is 12.7 Å². The lowest BCUT2D eigenvalue weighted by Crippen LogP contribution is -2.46. The van der Waals surface area contributed by atoms with Gasteiger partial charge in [0.2, 0.25) is 0 Å². The number of amides is 1. The van der Waals surface area contributed by atoms with E-state index in [1.807, 2.05) is 0 Å². The third-order valence-electron chi connectivity index (χ3n) is 6.59. The van der Waals surface area contributed by atoms with Crippen molar-refractivity contribution in [1.29, 1.82) is 0 Å². The van der Waals surface area contributed by atoms with Crippen LogP contribution in [0.4, 0.5) is 0 Å². The number of esters is 1. The van der Waals surface area contributed by atoms with Crippen LogP contribution in [0.5, 0.6) is 0 Å². The molecule has 2 aliphatic carbocycles. The van der Waals surface area contributed by atoms with E-state index < -0.39 is 5.97 Å². The molecule has 1 N–H and O–H groups in total. The van der Waals surface area contributed by atoms with Crippen LogP contribution in [-0.4, -0.2) is 34.4 Å². The number of nitrogens with zero attached hydrogens (tertiary/aromatic N) is 2. The van der Waals surface area contributed by atoms with Crippen molar-refractivity contribution in [2.24, 2.45) is 23.2 Å². The molecule has 6 heteroatoms. The molecule has 0 radical (unpaired) electrons. The molecule has 0 aromatic carbocycles. The van der Waals surface area contributed by atoms with E-state index in [1.54, 1.807) is 35.7 Å². The number of imidazole rings is 1. The van der Waals surface area contributed by atoms with E-state index in [0.717, 1.165) is 17.8 Å². The summed E-state index contributed by atoms with van der Waals surface area (Å²) in [4.78, 5) is 29.4. The fourth-order valence-corrected chi connectivity index (χ4v) is 5.98. The van der Waals surface area contributed by atoms with Crippen molar-refractivity contribution in [3.63, 3.8) is 0 Å². The minimum absolute atomic E-state index is 0.120. The van der Waals surface area contributed by atoms with Crippen LogP contribution in [-0.2, 0) is 4.74 Å². The van der Waals surface area contributed by atoms with Gasteiger partial charge in [-0.2, -0.15) is 0 Å². The molecule has 0 spiro atoms. The Hall–Kier alpha value is -2.37. The second-order valence-corrected chi connectivity index (χ2v) is 9.33. The molecule has 2 heterocycles. The number of fused-ring (bicyclic) bond motifs is 3. The second kappa shape index (κ2) is 7.81. The second-order valence-electron chi connectivity index (χ2n) is 9.33. The number of carbonyl (C=O) groups excluding carboxylic acids is 2. The summed E-state index contributed by atoms with van der Waals surface area (Å²) in [5.41, 5.74) is 1.49. The Morgan fingerprint density at radius 2 is 1.93 bits per heavy atom. The van der Waals surface area contributed by atoms with Crippen LogP contribution >= 0.6 is 0 Å². The number of carbonyl (C=O) groups is 2. The SMILES string of the molecule is CCOC(=O)c1cn2c(C(=O)NCC34CC(C)CC(CC(C)C3)C4)cccc2n1. The maximum atomic E-state index is 13.1. The Kier molecular flexibility index (Phi) is 5.36. The van der Waals surface area contributed by atoms with E-state index in [2.05, 4.69) is 24.1 Å². The van der Waals surface area contributed by atoms with Crippen LogP contribution in [0.3, 0.4) is 0 Å². The first-order valence-electron chi connectivity index (χ1n) is 10.8. The Morgan fingerprint density at radius 3 is 2.62 bits per heavy atom. The van der Waals surface area contributed by atoms with Gasteiger partial charge in [-0.05, 0) is 74.3 Å². The van der Waals surface area contributed by atoms with Crippen LogP contribution in [0.25, 0.3) is 5.65 Å². The van der Waals surface area contributed by atoms with Crippen molar-refractivity contribution in [3.05, 3.63) is 35.8 Å². The average molecular weight is 398 g/mol. The molecular weight excluding hydrogens is 366 g/mol. The van der Waals surface area contributed by atoms with Crippen molar-refractivity contribution < 1.29 is 14.3 Å². The minimum atomic E-state index is -0.472. The van der Waals surface area contributed by atoms with Crippen LogP contribution in [0.2, 0.25) is 0 Å². The molecule has 2 aromatic rings. The minimum Gasteiger partial charge on any atom is -0.461 e. The lowest BCUT2D eigenvalue weighted by atomic mass is 9.57. The molecule has 29 heavy (non-hydrogen) atoms. The molecule has 1 amide bonds. The van der Waals surface area contributed by atoms with Crippen molar-refractivity contribution in [2.45, 2.75) is 52.9 Å². The highest BCUT2D eigenvalue weighted by atomic mass is 16.5. The van der Waals surface area contributed by atoms with Gasteiger partial charge in [0.25, 0.3) is 5.91 Å². The average Bonchev–Trinajstić information content (AvgIpc) is 3.09. The molecule has 2 bridgehead atoms. The topological polar surface area (TPSA) is 72.7 Å². The molecule has 2 fully saturated rings. The first-order chi connectivity index (χ1) is 13.9. The summed E-state index contributed by atoms with van der Waals surface area (Å²) < 4.78 is 6.71. The third-order valence-corrected chi connectivity index (χ3v) is 6.59. The Balaban J connectivity index is 1.52. The number of nitrogens with one attached hydrogen (secondary N) is 1. The van der Waals surface area contributed by atoms with Gasteiger partial charge in [-0.3, -0.25) is 9.20 Å². The quantitative estimate of drug-likeness (QED) is 0.771. The zero-order chi connectivity index (χ0) is 20.6. The van der Waals surface area contributed by atoms with Gasteiger partial charge >= 0.3 is 5.97 Å². The zero-order valence-corrected chi connectivity index (χ0v) is 17.6. The van der Waals surface area contributed by atoms with E-state index in [0.29, 0.717) is 24.5 Å². The maximum Gasteiger partial charge on any atom is 0.358 e. The van der Waals surface area contributed by atoms with E-state index >= 15 is 0 Å². The number of pyridine rings is 1. The van der Waals surface area contributed by atoms with Gasteiger partial charge in [0.15, 0.2) is 5.69 Å². The van der Waals surface area contributed by atoms with Crippen LogP contribution < -0.4 is 5.32 Å². The van der Waals surface area contributed by atoms with Crippen LogP contribution in [0.1, 0.15) is 73.9 Å². The molecule has 0 saturated heterocycles. The first-order valence-corrected chi connectivity index (χ1v) is 10.8. The largest absolute Gasteiger partial charge is 0.461 e. The van der Waals surface area contributed by atoms with Crippen LogP contribution in [0, 0.1) is 23.2 Å². The fraction of sp³-hybridized carbons (Fsp3) is 0.609. The van der Waals surface area contributed by atoms with Gasteiger partial charge in [-0.1, -0.05) is 19.9 Å². The Morgan fingerprint density at radius 1 is 1.21 bits per heavy atom. The summed E-state index contributed by atoms with van der Waals surface area (Å²) in [6.07, 6.45) is 7.84. The predicted octanol–water partition coefficient (Wildman–Crippen LogP) is 4.09. The van der Waals surface area contributed by atoms with Crippen LogP contribution in [0.15, 0.2) is 24.4 Å². The monoisotopic (exact) mass is 397 g/mol. The first kappa shape index (κ1) is 19.9. The normalized spacial score (nSPS) is 28.9. The lowest BCUT2D eigenvalue weighted by molar-refractivity contribution is 0.0183. The van der Waals surface area contributed by atoms with E-state index in [9.17, 15) is 9.59 Å². The maximum absolute atomic E-state index is 13.1. The third kappa shape index (κ3) is 4.02. The summed E-state index contributed by atoms with van der Waals surface area (Å²) in [7, 11) is 0. The Bertz CT molecular complexity index is 900. The molecule has 2 saturated carbocycles. The molecule has 6 nitrogen and oxygen atoms in total. The number of ether oxygens (including phenoxy) is 1. The number of hydrogen-bond acceptors (Lipinski definition) is 4. The van der Waals surface area contributed by atoms with E-state index in [1.165, 1.54) is 32.1 Å². The van der Waals surface area contributed by atoms with Gasteiger partial charge in [-0.25, -0.2) is 9.78 Å². The molecule has 2 aliphatic rings. The van der Waals surface area contributed by atoms with Gasteiger partial charge in [-0.15, -0.1) is 0 Å². The summed E-state index contributed by atoms with van der Waals surface area (Å²) in [5.74, 6) is 1.65. The predicted molar refractivity (Wildman–Crippen MR) is 111 cm³/mol. The smallest absolute Gasteiger partial charge is 0.358 e. The number of hydrogen-bond donors (Lipinski definition) is 1. The van der Waals surface area contributed by atoms with Gasteiger partial charge in [0.05, 0.1) is 6.61 Å². The molecule has 156 valence electrons. The molecule has 0 aliphatic heterocycles. The summed E-state index contributed by atoms with van der Waals surface area (Å²) in [6.45, 7) is 7.46. The molecule has 4 rings (SSSR count). The van der Waals surface area contributed by atoms with Crippen molar-refractivity contribution >= 4 is 17.5 Å². The lowest BCUT2D eigenvalue weighted by Gasteiger charge is -2.50. The van der Waals surface area contributed by atoms with Crippen molar-refractivity contribution in [2.75, 3.05) is 13.2 Å². The van der Waals surface area contributed by atoms with Gasteiger partial charge < -0.3 is 10.1 Å². The van der Waals surface area contributed by atoms with E-state index in [4.69, 9.17) is 4.74 Å². The summed E-state index contributed by atoms with van der Waals surface area (Å²) >= 11 is 0. The van der Waals surface area contributed by atoms with Gasteiger partial charge in [0.1, 0.15) is 11.3 Å². The summed E-state index contributed by atoms with van der Waals surface area (Å²) in [5, 5.41) is 3.21. The Labute approximate surface area is 172 Å². The standard InChI is InChI=1S/C23H31N3O3/c1-4-29-22(28)18-13-26-19(6-5-7-20(26)25-18)21(27)24-14-23-10-15(2)8-17(12-23)9-16(3)11-23/h5-7,13,15-17H,4,8-12,14H2,1-3H3,(H,24,27). The highest BCUT2D eigenvalue weighted by molar-refractivity contribution is 5.94.